The Morgan fingerprint density at radius 2 is 2.14 bits per heavy atom. The summed E-state index contributed by atoms with van der Waals surface area (Å²) >= 11 is 0. The first-order chi connectivity index (χ1) is 6.53. The van der Waals surface area contributed by atoms with Crippen LogP contribution in [0.2, 0.25) is 0 Å². The molecule has 0 amide bonds. The molecule has 0 aliphatic heterocycles. The number of benzene rings is 1. The van der Waals surface area contributed by atoms with E-state index in [0.29, 0.717) is 0 Å². The van der Waals surface area contributed by atoms with Crippen molar-refractivity contribution in [2.75, 3.05) is 0 Å². The molecule has 1 rings (SSSR count). The maximum atomic E-state index is 12.9. The zero-order valence-corrected chi connectivity index (χ0v) is 8.89. The molecule has 1 heteroatoms. The molecular formula is C13H17F. The van der Waals surface area contributed by atoms with E-state index in [4.69, 9.17) is 0 Å². The lowest BCUT2D eigenvalue weighted by Crippen LogP contribution is -2.13. The first-order valence-electron chi connectivity index (χ1n) is 4.89. The molecule has 1 aromatic rings. The third-order valence-corrected chi connectivity index (χ3v) is 2.27. The molecule has 0 fully saturated rings. The smallest absolute Gasteiger partial charge is 0.123 e. The monoisotopic (exact) mass is 192 g/mol. The Bertz CT molecular complexity index is 313. The first-order valence-corrected chi connectivity index (χ1v) is 4.89. The van der Waals surface area contributed by atoms with E-state index in [2.05, 4.69) is 20.4 Å². The highest BCUT2D eigenvalue weighted by Gasteiger charge is 2.16. The SMILES string of the molecule is C=CCC(C)(C)Cc1cccc(F)c1. The number of halogens is 1. The average Bonchev–Trinajstić information content (AvgIpc) is 2.02. The largest absolute Gasteiger partial charge is 0.207 e. The van der Waals surface area contributed by atoms with Gasteiger partial charge in [0, 0.05) is 0 Å². The molecule has 0 saturated heterocycles. The van der Waals surface area contributed by atoms with Gasteiger partial charge < -0.3 is 0 Å². The Kier molecular flexibility index (Phi) is 3.45. The van der Waals surface area contributed by atoms with Gasteiger partial charge in [0.25, 0.3) is 0 Å². The first kappa shape index (κ1) is 11.0. The van der Waals surface area contributed by atoms with E-state index >= 15 is 0 Å². The van der Waals surface area contributed by atoms with Gasteiger partial charge in [0.1, 0.15) is 5.82 Å². The molecule has 0 bridgehead atoms. The molecule has 0 heterocycles. The van der Waals surface area contributed by atoms with Crippen LogP contribution in [0.5, 0.6) is 0 Å². The molecule has 0 unspecified atom stereocenters. The van der Waals surface area contributed by atoms with E-state index < -0.39 is 0 Å². The topological polar surface area (TPSA) is 0 Å². The summed E-state index contributed by atoms with van der Waals surface area (Å²) < 4.78 is 12.9. The molecule has 0 spiro atoms. The third-order valence-electron chi connectivity index (χ3n) is 2.27. The summed E-state index contributed by atoms with van der Waals surface area (Å²) in [7, 11) is 0. The molecular weight excluding hydrogens is 175 g/mol. The average molecular weight is 192 g/mol. The molecule has 0 nitrogen and oxygen atoms in total. The number of allylic oxidation sites excluding steroid dienone is 1. The van der Waals surface area contributed by atoms with Crippen molar-refractivity contribution in [1.82, 2.24) is 0 Å². The molecule has 1 aromatic carbocycles. The predicted molar refractivity (Wildman–Crippen MR) is 58.7 cm³/mol. The van der Waals surface area contributed by atoms with E-state index in [1.54, 1.807) is 12.1 Å². The summed E-state index contributed by atoms with van der Waals surface area (Å²) in [5, 5.41) is 0. The maximum absolute atomic E-state index is 12.9. The summed E-state index contributed by atoms with van der Waals surface area (Å²) in [4.78, 5) is 0. The van der Waals surface area contributed by atoms with Crippen LogP contribution >= 0.6 is 0 Å². The summed E-state index contributed by atoms with van der Waals surface area (Å²) in [5.74, 6) is -0.156. The predicted octanol–water partition coefficient (Wildman–Crippen LogP) is 3.97. The lowest BCUT2D eigenvalue weighted by Gasteiger charge is -2.22. The van der Waals surface area contributed by atoms with Gasteiger partial charge in [0.05, 0.1) is 0 Å². The van der Waals surface area contributed by atoms with Crippen molar-refractivity contribution in [1.29, 1.82) is 0 Å². The van der Waals surface area contributed by atoms with Crippen molar-refractivity contribution in [2.45, 2.75) is 26.7 Å². The molecule has 0 saturated carbocycles. The van der Waals surface area contributed by atoms with Gasteiger partial charge in [0.2, 0.25) is 0 Å². The summed E-state index contributed by atoms with van der Waals surface area (Å²) in [6, 6.07) is 6.80. The molecule has 0 N–H and O–H groups in total. The van der Waals surface area contributed by atoms with E-state index in [-0.39, 0.29) is 11.2 Å². The number of hydrogen-bond acceptors (Lipinski definition) is 0. The van der Waals surface area contributed by atoms with Crippen LogP contribution in [-0.4, -0.2) is 0 Å². The summed E-state index contributed by atoms with van der Waals surface area (Å²) in [6.07, 6.45) is 3.75. The van der Waals surface area contributed by atoms with Crippen molar-refractivity contribution in [3.8, 4) is 0 Å². The molecule has 76 valence electrons. The minimum Gasteiger partial charge on any atom is -0.207 e. The highest BCUT2D eigenvalue weighted by atomic mass is 19.1. The molecule has 0 aliphatic carbocycles. The van der Waals surface area contributed by atoms with Crippen molar-refractivity contribution in [3.05, 3.63) is 48.3 Å². The van der Waals surface area contributed by atoms with Crippen molar-refractivity contribution in [2.24, 2.45) is 5.41 Å². The van der Waals surface area contributed by atoms with Gasteiger partial charge in [-0.1, -0.05) is 32.1 Å². The fraction of sp³-hybridized carbons (Fsp3) is 0.385. The van der Waals surface area contributed by atoms with Gasteiger partial charge in [-0.2, -0.15) is 0 Å². The van der Waals surface area contributed by atoms with E-state index in [1.165, 1.54) is 6.07 Å². The highest BCUT2D eigenvalue weighted by molar-refractivity contribution is 5.17. The van der Waals surface area contributed by atoms with Gasteiger partial charge in [-0.05, 0) is 36.0 Å². The fourth-order valence-corrected chi connectivity index (χ4v) is 1.66. The zero-order chi connectivity index (χ0) is 10.6. The Morgan fingerprint density at radius 3 is 2.71 bits per heavy atom. The minimum absolute atomic E-state index is 0.156. The Balaban J connectivity index is 2.72. The molecule has 0 aliphatic rings. The molecule has 14 heavy (non-hydrogen) atoms. The second-order valence-corrected chi connectivity index (χ2v) is 4.46. The van der Waals surface area contributed by atoms with Gasteiger partial charge in [-0.3, -0.25) is 0 Å². The van der Waals surface area contributed by atoms with Gasteiger partial charge in [0.15, 0.2) is 0 Å². The number of hydrogen-bond donors (Lipinski definition) is 0. The molecule has 0 aromatic heterocycles. The highest BCUT2D eigenvalue weighted by Crippen LogP contribution is 2.26. The van der Waals surface area contributed by atoms with Gasteiger partial charge >= 0.3 is 0 Å². The van der Waals surface area contributed by atoms with Crippen LogP contribution in [0, 0.1) is 11.2 Å². The standard InChI is InChI=1S/C13H17F/c1-4-8-13(2,3)10-11-6-5-7-12(14)9-11/h4-7,9H,1,8,10H2,2-3H3. The lowest BCUT2D eigenvalue weighted by molar-refractivity contribution is 0.368. The summed E-state index contributed by atoms with van der Waals surface area (Å²) in [5.41, 5.74) is 1.21. The van der Waals surface area contributed by atoms with Crippen LogP contribution in [-0.2, 0) is 6.42 Å². The van der Waals surface area contributed by atoms with E-state index in [1.807, 2.05) is 12.1 Å². The second kappa shape index (κ2) is 4.41. The van der Waals surface area contributed by atoms with Crippen LogP contribution in [0.3, 0.4) is 0 Å². The molecule has 0 atom stereocenters. The Morgan fingerprint density at radius 1 is 1.43 bits per heavy atom. The van der Waals surface area contributed by atoms with Crippen LogP contribution < -0.4 is 0 Å². The van der Waals surface area contributed by atoms with Crippen molar-refractivity contribution in [3.63, 3.8) is 0 Å². The maximum Gasteiger partial charge on any atom is 0.123 e. The Hall–Kier alpha value is -1.11. The zero-order valence-electron chi connectivity index (χ0n) is 8.89. The fourth-order valence-electron chi connectivity index (χ4n) is 1.66. The van der Waals surface area contributed by atoms with Gasteiger partial charge in [-0.15, -0.1) is 6.58 Å². The van der Waals surface area contributed by atoms with Crippen LogP contribution in [0.1, 0.15) is 25.8 Å². The van der Waals surface area contributed by atoms with Crippen LogP contribution in [0.15, 0.2) is 36.9 Å². The van der Waals surface area contributed by atoms with Crippen molar-refractivity contribution >= 4 is 0 Å². The lowest BCUT2D eigenvalue weighted by atomic mass is 9.83. The van der Waals surface area contributed by atoms with E-state index in [9.17, 15) is 4.39 Å². The third kappa shape index (κ3) is 3.33. The van der Waals surface area contributed by atoms with Crippen LogP contribution in [0.25, 0.3) is 0 Å². The minimum atomic E-state index is -0.156. The number of rotatable bonds is 4. The summed E-state index contributed by atoms with van der Waals surface area (Å²) in [6.45, 7) is 8.06. The van der Waals surface area contributed by atoms with Crippen LogP contribution in [0.4, 0.5) is 4.39 Å². The second-order valence-electron chi connectivity index (χ2n) is 4.46. The van der Waals surface area contributed by atoms with Crippen molar-refractivity contribution < 1.29 is 4.39 Å². The Labute approximate surface area is 85.5 Å². The normalized spacial score (nSPS) is 11.4. The molecule has 0 radical (unpaired) electrons. The quantitative estimate of drug-likeness (QED) is 0.633. The van der Waals surface area contributed by atoms with Gasteiger partial charge in [-0.25, -0.2) is 4.39 Å². The van der Waals surface area contributed by atoms with E-state index in [0.717, 1.165) is 18.4 Å².